The van der Waals surface area contributed by atoms with Crippen LogP contribution in [0, 0.1) is 0 Å². The van der Waals surface area contributed by atoms with Crippen molar-refractivity contribution >= 4 is 50.7 Å². The van der Waals surface area contributed by atoms with Crippen LogP contribution in [0.2, 0.25) is 10.0 Å². The summed E-state index contributed by atoms with van der Waals surface area (Å²) in [4.78, 5) is 23.9. The Morgan fingerprint density at radius 2 is 1.89 bits per heavy atom. The van der Waals surface area contributed by atoms with E-state index >= 15 is 0 Å². The molecule has 10 heteroatoms. The summed E-state index contributed by atoms with van der Waals surface area (Å²) in [6, 6.07) is 10.4. The summed E-state index contributed by atoms with van der Waals surface area (Å²) in [6.07, 6.45) is 0. The number of carbonyl (C=O) groups excluding carboxylic acids is 2. The van der Waals surface area contributed by atoms with Crippen molar-refractivity contribution in [3.8, 4) is 0 Å². The van der Waals surface area contributed by atoms with Gasteiger partial charge in [-0.05, 0) is 30.3 Å². The molecule has 1 saturated heterocycles. The molecule has 0 unspecified atom stereocenters. The monoisotopic (exact) mass is 427 g/mol. The number of sulfonamides is 1. The van der Waals surface area contributed by atoms with E-state index in [0.717, 1.165) is 4.31 Å². The quantitative estimate of drug-likeness (QED) is 0.782. The number of nitrogens with one attached hydrogen (secondary N) is 2. The first-order chi connectivity index (χ1) is 12.8. The van der Waals surface area contributed by atoms with Crippen LogP contribution >= 0.6 is 23.2 Å². The Morgan fingerprint density at radius 1 is 1.15 bits per heavy atom. The first-order valence-corrected chi connectivity index (χ1v) is 10.1. The highest BCUT2D eigenvalue weighted by Gasteiger charge is 2.29. The van der Waals surface area contributed by atoms with Gasteiger partial charge in [0.2, 0.25) is 15.9 Å². The van der Waals surface area contributed by atoms with Crippen LogP contribution in [0.4, 0.5) is 5.69 Å². The average Bonchev–Trinajstić information content (AvgIpc) is 2.65. The number of amides is 2. The van der Waals surface area contributed by atoms with Crippen molar-refractivity contribution in [2.24, 2.45) is 0 Å². The molecule has 0 aromatic heterocycles. The SMILES string of the molecule is O=C1CN(S(=O)(=O)c2cccc(C(=O)Nc3cccc(Cl)c3Cl)c2)CCN1. The van der Waals surface area contributed by atoms with Gasteiger partial charge in [-0.1, -0.05) is 35.3 Å². The number of piperazine rings is 1. The summed E-state index contributed by atoms with van der Waals surface area (Å²) in [5.74, 6) is -0.901. The van der Waals surface area contributed by atoms with Crippen molar-refractivity contribution in [2.45, 2.75) is 4.90 Å². The number of rotatable bonds is 4. The molecule has 0 saturated carbocycles. The molecule has 2 aromatic carbocycles. The van der Waals surface area contributed by atoms with Gasteiger partial charge in [0.25, 0.3) is 5.91 Å². The molecule has 0 spiro atoms. The van der Waals surface area contributed by atoms with Crippen molar-refractivity contribution in [3.05, 3.63) is 58.1 Å². The van der Waals surface area contributed by atoms with E-state index in [-0.39, 0.29) is 46.0 Å². The molecule has 1 fully saturated rings. The van der Waals surface area contributed by atoms with Gasteiger partial charge in [0, 0.05) is 18.7 Å². The van der Waals surface area contributed by atoms with Gasteiger partial charge in [0.05, 0.1) is 27.2 Å². The maximum atomic E-state index is 12.7. The Morgan fingerprint density at radius 3 is 2.63 bits per heavy atom. The molecular formula is C17H15Cl2N3O4S. The minimum Gasteiger partial charge on any atom is -0.354 e. The van der Waals surface area contributed by atoms with E-state index in [1.54, 1.807) is 18.2 Å². The summed E-state index contributed by atoms with van der Waals surface area (Å²) >= 11 is 12.0. The number of benzene rings is 2. The minimum absolute atomic E-state index is 0.0676. The van der Waals surface area contributed by atoms with Gasteiger partial charge < -0.3 is 10.6 Å². The topological polar surface area (TPSA) is 95.6 Å². The standard InChI is InChI=1S/C17H15Cl2N3O4S/c18-13-5-2-6-14(16(13)19)21-17(24)11-3-1-4-12(9-11)27(25,26)22-8-7-20-15(23)10-22/h1-6,9H,7-8,10H2,(H,20,23)(H,21,24). The largest absolute Gasteiger partial charge is 0.354 e. The molecule has 2 N–H and O–H groups in total. The summed E-state index contributed by atoms with van der Waals surface area (Å²) in [5, 5.41) is 5.65. The van der Waals surface area contributed by atoms with Gasteiger partial charge in [0.15, 0.2) is 0 Å². The first kappa shape index (κ1) is 19.6. The second-order valence-electron chi connectivity index (χ2n) is 5.77. The van der Waals surface area contributed by atoms with Gasteiger partial charge in [-0.25, -0.2) is 8.42 Å². The fourth-order valence-electron chi connectivity index (χ4n) is 2.56. The molecule has 1 aliphatic heterocycles. The van der Waals surface area contributed by atoms with Crippen molar-refractivity contribution in [2.75, 3.05) is 25.0 Å². The summed E-state index contributed by atoms with van der Waals surface area (Å²) in [6.45, 7) is 0.158. The highest BCUT2D eigenvalue weighted by Crippen LogP contribution is 2.30. The fraction of sp³-hybridized carbons (Fsp3) is 0.176. The molecule has 1 aliphatic rings. The smallest absolute Gasteiger partial charge is 0.255 e. The van der Waals surface area contributed by atoms with Gasteiger partial charge in [-0.3, -0.25) is 9.59 Å². The van der Waals surface area contributed by atoms with E-state index in [0.29, 0.717) is 5.69 Å². The molecule has 0 aliphatic carbocycles. The lowest BCUT2D eigenvalue weighted by Crippen LogP contribution is -2.49. The minimum atomic E-state index is -3.89. The maximum Gasteiger partial charge on any atom is 0.255 e. The highest BCUT2D eigenvalue weighted by atomic mass is 35.5. The predicted molar refractivity (Wildman–Crippen MR) is 103 cm³/mol. The molecule has 0 atom stereocenters. The lowest BCUT2D eigenvalue weighted by molar-refractivity contribution is -0.122. The second-order valence-corrected chi connectivity index (χ2v) is 8.49. The number of hydrogen-bond donors (Lipinski definition) is 2. The number of nitrogens with zero attached hydrogens (tertiary/aromatic N) is 1. The van der Waals surface area contributed by atoms with Crippen LogP contribution in [0.15, 0.2) is 47.4 Å². The zero-order valence-electron chi connectivity index (χ0n) is 13.9. The van der Waals surface area contributed by atoms with Gasteiger partial charge >= 0.3 is 0 Å². The van der Waals surface area contributed by atoms with Crippen LogP contribution in [-0.2, 0) is 14.8 Å². The molecule has 142 valence electrons. The maximum absolute atomic E-state index is 12.7. The summed E-state index contributed by atoms with van der Waals surface area (Å²) in [7, 11) is -3.89. The van der Waals surface area contributed by atoms with E-state index in [2.05, 4.69) is 10.6 Å². The molecule has 1 heterocycles. The van der Waals surface area contributed by atoms with Crippen molar-refractivity contribution in [3.63, 3.8) is 0 Å². The third-order valence-electron chi connectivity index (χ3n) is 3.94. The van der Waals surface area contributed by atoms with Crippen molar-refractivity contribution < 1.29 is 18.0 Å². The number of halogens is 2. The Bertz CT molecular complexity index is 1010. The molecule has 27 heavy (non-hydrogen) atoms. The number of hydrogen-bond acceptors (Lipinski definition) is 4. The van der Waals surface area contributed by atoms with E-state index in [9.17, 15) is 18.0 Å². The molecule has 2 amide bonds. The first-order valence-electron chi connectivity index (χ1n) is 7.91. The normalized spacial score (nSPS) is 15.3. The van der Waals surface area contributed by atoms with Crippen LogP contribution < -0.4 is 10.6 Å². The third kappa shape index (κ3) is 4.24. The predicted octanol–water partition coefficient (Wildman–Crippen LogP) is 2.37. The van der Waals surface area contributed by atoms with Crippen LogP contribution in [0.1, 0.15) is 10.4 Å². The summed E-state index contributed by atoms with van der Waals surface area (Å²) < 4.78 is 26.6. The van der Waals surface area contributed by atoms with E-state index in [1.807, 2.05) is 0 Å². The second kappa shape index (κ2) is 7.85. The van der Waals surface area contributed by atoms with Crippen LogP contribution in [-0.4, -0.2) is 44.2 Å². The van der Waals surface area contributed by atoms with Crippen LogP contribution in [0.5, 0.6) is 0 Å². The Kier molecular flexibility index (Phi) is 5.71. The van der Waals surface area contributed by atoms with E-state index < -0.39 is 15.9 Å². The van der Waals surface area contributed by atoms with E-state index in [4.69, 9.17) is 23.2 Å². The van der Waals surface area contributed by atoms with Crippen LogP contribution in [0.3, 0.4) is 0 Å². The van der Waals surface area contributed by atoms with Crippen molar-refractivity contribution in [1.29, 1.82) is 0 Å². The van der Waals surface area contributed by atoms with Gasteiger partial charge in [-0.15, -0.1) is 0 Å². The van der Waals surface area contributed by atoms with Crippen molar-refractivity contribution in [1.82, 2.24) is 9.62 Å². The number of carbonyl (C=O) groups is 2. The molecule has 2 aromatic rings. The average molecular weight is 428 g/mol. The number of anilines is 1. The molecule has 0 radical (unpaired) electrons. The zero-order chi connectivity index (χ0) is 19.6. The van der Waals surface area contributed by atoms with Gasteiger partial charge in [-0.2, -0.15) is 4.31 Å². The molecule has 7 nitrogen and oxygen atoms in total. The third-order valence-corrected chi connectivity index (χ3v) is 6.60. The Hall–Kier alpha value is -2.13. The van der Waals surface area contributed by atoms with Gasteiger partial charge in [0.1, 0.15) is 0 Å². The van der Waals surface area contributed by atoms with E-state index in [1.165, 1.54) is 24.3 Å². The Balaban J connectivity index is 1.85. The lowest BCUT2D eigenvalue weighted by Gasteiger charge is -2.26. The molecular weight excluding hydrogens is 413 g/mol. The zero-order valence-corrected chi connectivity index (χ0v) is 16.2. The Labute approximate surface area is 166 Å². The highest BCUT2D eigenvalue weighted by molar-refractivity contribution is 7.89. The lowest BCUT2D eigenvalue weighted by atomic mass is 10.2. The molecule has 3 rings (SSSR count). The van der Waals surface area contributed by atoms with Crippen LogP contribution in [0.25, 0.3) is 0 Å². The summed E-state index contributed by atoms with van der Waals surface area (Å²) in [5.41, 5.74) is 0.448. The molecule has 0 bridgehead atoms. The fourth-order valence-corrected chi connectivity index (χ4v) is 4.35.